The van der Waals surface area contributed by atoms with E-state index < -0.39 is 0 Å². The fourth-order valence-corrected chi connectivity index (χ4v) is 0.638. The van der Waals surface area contributed by atoms with Crippen molar-refractivity contribution >= 4 is 0 Å². The predicted octanol–water partition coefficient (Wildman–Crippen LogP) is 2.24. The molecule has 0 aromatic rings. The zero-order valence-corrected chi connectivity index (χ0v) is 6.63. The maximum Gasteiger partial charge on any atom is 0.230 e. The summed E-state index contributed by atoms with van der Waals surface area (Å²) >= 11 is 0. The maximum atomic E-state index is 6.73. The van der Waals surface area contributed by atoms with Gasteiger partial charge in [0.25, 0.3) is 0 Å². The molecule has 0 aromatic heterocycles. The van der Waals surface area contributed by atoms with Crippen molar-refractivity contribution in [2.75, 3.05) is 0 Å². The monoisotopic (exact) mass is 136 g/mol. The number of nitrogens with zero attached hydrogens (tertiary/aromatic N) is 2. The van der Waals surface area contributed by atoms with Crippen molar-refractivity contribution in [3.63, 3.8) is 0 Å². The largest absolute Gasteiger partial charge is 0.313 e. The molecule has 0 fully saturated rings. The molecule has 0 saturated carbocycles. The Bertz CT molecular complexity index is 153. The van der Waals surface area contributed by atoms with Crippen LogP contribution in [0.2, 0.25) is 0 Å². The predicted molar refractivity (Wildman–Crippen MR) is 41.3 cm³/mol. The topological polar surface area (TPSA) is 8.72 Å². The van der Waals surface area contributed by atoms with Crippen molar-refractivity contribution in [3.05, 3.63) is 22.8 Å². The summed E-state index contributed by atoms with van der Waals surface area (Å²) < 4.78 is 0. The van der Waals surface area contributed by atoms with Gasteiger partial charge in [0.05, 0.1) is 0 Å². The number of hydrogen-bond donors (Lipinski definition) is 0. The van der Waals surface area contributed by atoms with Crippen LogP contribution < -0.4 is 0 Å². The van der Waals surface area contributed by atoms with Gasteiger partial charge < -0.3 is 9.69 Å². The maximum absolute atomic E-state index is 6.73. The standard InChI is InChI=1S/C8H12N2/c1-6(7(2)9-4)8(3)10-5/h6-8H,1-3H3. The lowest BCUT2D eigenvalue weighted by Crippen LogP contribution is -2.19. The minimum Gasteiger partial charge on any atom is -0.313 e. The van der Waals surface area contributed by atoms with Gasteiger partial charge in [0.2, 0.25) is 12.1 Å². The lowest BCUT2D eigenvalue weighted by molar-refractivity contribution is 0.490. The molecule has 0 aromatic carbocycles. The highest BCUT2D eigenvalue weighted by Crippen LogP contribution is 2.13. The van der Waals surface area contributed by atoms with Crippen LogP contribution in [0.5, 0.6) is 0 Å². The van der Waals surface area contributed by atoms with Crippen molar-refractivity contribution in [1.82, 2.24) is 0 Å². The second kappa shape index (κ2) is 3.90. The van der Waals surface area contributed by atoms with Crippen molar-refractivity contribution in [1.29, 1.82) is 0 Å². The van der Waals surface area contributed by atoms with Gasteiger partial charge in [-0.15, -0.1) is 0 Å². The normalized spacial score (nSPS) is 18.1. The number of hydrogen-bond acceptors (Lipinski definition) is 0. The average molecular weight is 136 g/mol. The molecule has 0 rings (SSSR count). The molecule has 0 radical (unpaired) electrons. The first kappa shape index (κ1) is 8.98. The highest BCUT2D eigenvalue weighted by atomic mass is 14.8. The summed E-state index contributed by atoms with van der Waals surface area (Å²) in [6.45, 7) is 19.1. The Morgan fingerprint density at radius 2 is 1.20 bits per heavy atom. The molecule has 0 bridgehead atoms. The quantitative estimate of drug-likeness (QED) is 0.515. The van der Waals surface area contributed by atoms with E-state index in [0.717, 1.165) is 0 Å². The minimum atomic E-state index is -0.0240. The van der Waals surface area contributed by atoms with Crippen LogP contribution in [0.4, 0.5) is 0 Å². The van der Waals surface area contributed by atoms with Gasteiger partial charge >= 0.3 is 0 Å². The zero-order valence-electron chi connectivity index (χ0n) is 6.63. The Morgan fingerprint density at radius 3 is 1.40 bits per heavy atom. The molecule has 2 heteroatoms. The SMILES string of the molecule is [C-]#[N+]C(C)C(C)C(C)[N+]#[C-]. The summed E-state index contributed by atoms with van der Waals surface area (Å²) in [5, 5.41) is 0. The molecule has 0 aliphatic carbocycles. The molecule has 2 nitrogen and oxygen atoms in total. The molecule has 0 saturated heterocycles. The molecule has 0 aliphatic rings. The summed E-state index contributed by atoms with van der Waals surface area (Å²) in [6, 6.07) is -0.0480. The lowest BCUT2D eigenvalue weighted by Gasteiger charge is -2.07. The van der Waals surface area contributed by atoms with Crippen molar-refractivity contribution < 1.29 is 0 Å². The van der Waals surface area contributed by atoms with Crippen LogP contribution >= 0.6 is 0 Å². The van der Waals surface area contributed by atoms with Crippen LogP contribution in [0.25, 0.3) is 9.69 Å². The fourth-order valence-electron chi connectivity index (χ4n) is 0.638. The van der Waals surface area contributed by atoms with Crippen LogP contribution in [-0.4, -0.2) is 12.1 Å². The Labute approximate surface area is 62.5 Å². The molecule has 10 heavy (non-hydrogen) atoms. The first-order valence-electron chi connectivity index (χ1n) is 3.36. The summed E-state index contributed by atoms with van der Waals surface area (Å²) in [6.07, 6.45) is 0. The molecule has 2 atom stereocenters. The van der Waals surface area contributed by atoms with E-state index in [0.29, 0.717) is 0 Å². The molecule has 2 unspecified atom stereocenters. The first-order valence-corrected chi connectivity index (χ1v) is 3.36. The molecule has 54 valence electrons. The van der Waals surface area contributed by atoms with E-state index in [4.69, 9.17) is 13.1 Å². The summed E-state index contributed by atoms with van der Waals surface area (Å²) in [4.78, 5) is 6.73. The van der Waals surface area contributed by atoms with E-state index in [2.05, 4.69) is 9.69 Å². The van der Waals surface area contributed by atoms with Crippen LogP contribution in [-0.2, 0) is 0 Å². The lowest BCUT2D eigenvalue weighted by atomic mass is 9.97. The molecular formula is C8H12N2. The highest BCUT2D eigenvalue weighted by Gasteiger charge is 2.26. The Morgan fingerprint density at radius 1 is 0.900 bits per heavy atom. The van der Waals surface area contributed by atoms with E-state index in [1.807, 2.05) is 20.8 Å². The van der Waals surface area contributed by atoms with Crippen LogP contribution in [0.3, 0.4) is 0 Å². The highest BCUT2D eigenvalue weighted by molar-refractivity contribution is 4.89. The minimum absolute atomic E-state index is 0.0240. The third-order valence-electron chi connectivity index (χ3n) is 1.93. The zero-order chi connectivity index (χ0) is 8.15. The molecule has 0 aliphatic heterocycles. The van der Waals surface area contributed by atoms with Gasteiger partial charge in [-0.2, -0.15) is 0 Å². The summed E-state index contributed by atoms with van der Waals surface area (Å²) in [5.74, 6) is 0.190. The molecule has 0 heterocycles. The Hall–Kier alpha value is -1.02. The molecule has 0 amide bonds. The van der Waals surface area contributed by atoms with Gasteiger partial charge in [0.1, 0.15) is 5.92 Å². The molecular weight excluding hydrogens is 124 g/mol. The fraction of sp³-hybridized carbons (Fsp3) is 0.750. The van der Waals surface area contributed by atoms with E-state index >= 15 is 0 Å². The third kappa shape index (κ3) is 2.07. The first-order chi connectivity index (χ1) is 4.63. The van der Waals surface area contributed by atoms with Gasteiger partial charge in [0.15, 0.2) is 0 Å². The smallest absolute Gasteiger partial charge is 0.230 e. The van der Waals surface area contributed by atoms with Gasteiger partial charge in [-0.3, -0.25) is 0 Å². The van der Waals surface area contributed by atoms with Crippen molar-refractivity contribution in [3.8, 4) is 0 Å². The molecule has 0 spiro atoms. The van der Waals surface area contributed by atoms with Crippen LogP contribution in [0, 0.1) is 19.1 Å². The van der Waals surface area contributed by atoms with Crippen LogP contribution in [0.15, 0.2) is 0 Å². The average Bonchev–Trinajstić information content (AvgIpc) is 2.00. The molecule has 0 N–H and O–H groups in total. The second-order valence-electron chi connectivity index (χ2n) is 2.60. The van der Waals surface area contributed by atoms with E-state index in [1.54, 1.807) is 0 Å². The van der Waals surface area contributed by atoms with E-state index in [1.165, 1.54) is 0 Å². The van der Waals surface area contributed by atoms with Gasteiger partial charge in [-0.1, -0.05) is 0 Å². The number of rotatable bonds is 2. The van der Waals surface area contributed by atoms with Crippen molar-refractivity contribution in [2.45, 2.75) is 32.9 Å². The van der Waals surface area contributed by atoms with Gasteiger partial charge in [-0.25, -0.2) is 13.1 Å². The second-order valence-corrected chi connectivity index (χ2v) is 2.60. The summed E-state index contributed by atoms with van der Waals surface area (Å²) in [5.41, 5.74) is 0. The summed E-state index contributed by atoms with van der Waals surface area (Å²) in [7, 11) is 0. The van der Waals surface area contributed by atoms with E-state index in [9.17, 15) is 0 Å². The third-order valence-corrected chi connectivity index (χ3v) is 1.93. The van der Waals surface area contributed by atoms with E-state index in [-0.39, 0.29) is 18.0 Å². The van der Waals surface area contributed by atoms with Crippen LogP contribution in [0.1, 0.15) is 20.8 Å². The van der Waals surface area contributed by atoms with Gasteiger partial charge in [0, 0.05) is 13.8 Å². The Balaban J connectivity index is 4.00. The Kier molecular flexibility index (Phi) is 3.51. The van der Waals surface area contributed by atoms with Crippen molar-refractivity contribution in [2.24, 2.45) is 5.92 Å². The van der Waals surface area contributed by atoms with Gasteiger partial charge in [-0.05, 0) is 6.92 Å².